The number of rotatable bonds is 0. The summed E-state index contributed by atoms with van der Waals surface area (Å²) in [5.74, 6) is 0. The van der Waals surface area contributed by atoms with Gasteiger partial charge in [-0.25, -0.2) is 0 Å². The van der Waals surface area contributed by atoms with Crippen molar-refractivity contribution < 1.29 is 0 Å². The summed E-state index contributed by atoms with van der Waals surface area (Å²) in [5.41, 5.74) is 4.50. The summed E-state index contributed by atoms with van der Waals surface area (Å²) < 4.78 is 0. The van der Waals surface area contributed by atoms with Crippen molar-refractivity contribution in [1.82, 2.24) is 0 Å². The van der Waals surface area contributed by atoms with Gasteiger partial charge in [0.25, 0.3) is 0 Å². The van der Waals surface area contributed by atoms with E-state index in [4.69, 9.17) is 0 Å². The van der Waals surface area contributed by atoms with Crippen LogP contribution in [0.2, 0.25) is 0 Å². The molecule has 0 atom stereocenters. The Bertz CT molecular complexity index is 6.00. The van der Waals surface area contributed by atoms with E-state index in [1.54, 1.807) is 0 Å². The molecule has 0 fully saturated rings. The van der Waals surface area contributed by atoms with Crippen LogP contribution in [0.15, 0.2) is 0 Å². The van der Waals surface area contributed by atoms with E-state index in [1.165, 1.54) is 7.05 Å². The number of hydrogen-bond donors (Lipinski definition) is 1. The van der Waals surface area contributed by atoms with Crippen LogP contribution in [0.1, 0.15) is 0 Å². The summed E-state index contributed by atoms with van der Waals surface area (Å²) in [6.45, 7) is 0. The molecule has 0 aliphatic carbocycles. The Morgan fingerprint density at radius 1 is 1.00 bits per heavy atom. The Morgan fingerprint density at radius 2 is 1.00 bits per heavy atom. The van der Waals surface area contributed by atoms with E-state index in [-0.39, 0.29) is 54.6 Å². The van der Waals surface area contributed by atoms with Gasteiger partial charge in [0.2, 0.25) is 0 Å². The molecule has 2 N–H and O–H groups in total. The summed E-state index contributed by atoms with van der Waals surface area (Å²) in [4.78, 5) is 0. The minimum absolute atomic E-state index is 0. The second-order valence-electron chi connectivity index (χ2n) is 0. The summed E-state index contributed by atoms with van der Waals surface area (Å²) in [7, 11) is 1.50. The van der Waals surface area contributed by atoms with Crippen LogP contribution in [-0.2, 0) is 0 Å². The molecule has 0 spiro atoms. The molecule has 0 rings (SSSR count). The molecule has 0 bridgehead atoms. The van der Waals surface area contributed by atoms with Crippen LogP contribution in [0, 0.1) is 0 Å². The van der Waals surface area contributed by atoms with Crippen LogP contribution < -0.4 is 5.73 Å². The molecule has 0 amide bonds. The molecule has 0 saturated carbocycles. The standard InChI is InChI=1S/CH5N.2Pb.4H/c1-2;;;;;;/h2H2,1H3;;;;;;. The van der Waals surface area contributed by atoms with Crippen molar-refractivity contribution in [3.63, 3.8) is 0 Å². The van der Waals surface area contributed by atoms with Crippen molar-refractivity contribution in [3.05, 3.63) is 0 Å². The SMILES string of the molecule is CN.[PbH2].[PbH2]. The van der Waals surface area contributed by atoms with Gasteiger partial charge in [-0.1, -0.05) is 0 Å². The zero-order chi connectivity index (χ0) is 2.00. The first-order valence-corrected chi connectivity index (χ1v) is 0.577. The molecule has 4 radical (unpaired) electrons. The van der Waals surface area contributed by atoms with Gasteiger partial charge in [-0.3, -0.25) is 0 Å². The Labute approximate surface area is 66.6 Å². The first-order valence-electron chi connectivity index (χ1n) is 0.577. The third-order valence-electron chi connectivity index (χ3n) is 0. The van der Waals surface area contributed by atoms with Crippen LogP contribution in [0.4, 0.5) is 0 Å². The molecule has 0 aromatic carbocycles. The Morgan fingerprint density at radius 3 is 1.00 bits per heavy atom. The van der Waals surface area contributed by atoms with E-state index >= 15 is 0 Å². The van der Waals surface area contributed by atoms with E-state index in [2.05, 4.69) is 5.73 Å². The van der Waals surface area contributed by atoms with Crippen molar-refractivity contribution in [2.45, 2.75) is 0 Å². The topological polar surface area (TPSA) is 26.0 Å². The molecule has 0 aliphatic rings. The second kappa shape index (κ2) is 21.4. The van der Waals surface area contributed by atoms with Gasteiger partial charge in [-0.05, 0) is 7.05 Å². The van der Waals surface area contributed by atoms with E-state index in [0.717, 1.165) is 0 Å². The maximum absolute atomic E-state index is 4.50. The van der Waals surface area contributed by atoms with Gasteiger partial charge in [-0.15, -0.1) is 0 Å². The molecule has 0 aliphatic heterocycles. The Hall–Kier alpha value is 1.80. The second-order valence-corrected chi connectivity index (χ2v) is 0. The van der Waals surface area contributed by atoms with Crippen LogP contribution in [0.3, 0.4) is 0 Å². The van der Waals surface area contributed by atoms with Gasteiger partial charge < -0.3 is 5.73 Å². The van der Waals surface area contributed by atoms with Crippen LogP contribution in [-0.4, -0.2) is 61.6 Å². The predicted molar refractivity (Wildman–Crippen MR) is 27.2 cm³/mol. The fraction of sp³-hybridized carbons (Fsp3) is 1.00. The normalized spacial score (nSPS) is 1.50. The van der Waals surface area contributed by atoms with Gasteiger partial charge in [0.05, 0.1) is 0 Å². The summed E-state index contributed by atoms with van der Waals surface area (Å²) >= 11 is 0. The molecule has 3 heteroatoms. The van der Waals surface area contributed by atoms with Gasteiger partial charge in [0, 0.05) is 0 Å². The van der Waals surface area contributed by atoms with Crippen molar-refractivity contribution in [1.29, 1.82) is 0 Å². The fourth-order valence-corrected chi connectivity index (χ4v) is 0. The minimum atomic E-state index is 0. The van der Waals surface area contributed by atoms with Gasteiger partial charge in [-0.2, -0.15) is 0 Å². The third-order valence-corrected chi connectivity index (χ3v) is 0. The third kappa shape index (κ3) is 9.19. The average Bonchev–Trinajstić information content (AvgIpc) is 1.00. The van der Waals surface area contributed by atoms with E-state index in [1.807, 2.05) is 0 Å². The first kappa shape index (κ1) is 17.0. The van der Waals surface area contributed by atoms with Crippen molar-refractivity contribution in [3.8, 4) is 0 Å². The zero-order valence-electron chi connectivity index (χ0n) is 2.99. The molecule has 0 heterocycles. The Balaban J connectivity index is -0.00000000500. The zero-order valence-corrected chi connectivity index (χ0v) is 14.0. The van der Waals surface area contributed by atoms with Gasteiger partial charge >= 0.3 is 54.6 Å². The van der Waals surface area contributed by atoms with Gasteiger partial charge in [0.15, 0.2) is 0 Å². The first-order chi connectivity index (χ1) is 1.00. The van der Waals surface area contributed by atoms with Crippen LogP contribution >= 0.6 is 0 Å². The van der Waals surface area contributed by atoms with E-state index in [9.17, 15) is 0 Å². The molecule has 0 aromatic rings. The number of hydrogen-bond acceptors (Lipinski definition) is 1. The molecular formula is CH9NPb2. The van der Waals surface area contributed by atoms with Crippen molar-refractivity contribution in [2.24, 2.45) is 5.73 Å². The van der Waals surface area contributed by atoms with Crippen LogP contribution in [0.5, 0.6) is 0 Å². The monoisotopic (exact) mass is 451 g/mol. The molecule has 0 aromatic heterocycles. The molecule has 1 nitrogen and oxygen atoms in total. The molecular weight excluding hydrogens is 440 g/mol. The predicted octanol–water partition coefficient (Wildman–Crippen LogP) is -2.26. The van der Waals surface area contributed by atoms with Gasteiger partial charge in [0.1, 0.15) is 0 Å². The fourth-order valence-electron chi connectivity index (χ4n) is 0. The van der Waals surface area contributed by atoms with E-state index in [0.29, 0.717) is 0 Å². The number of nitrogens with two attached hydrogens (primary N) is 1. The quantitative estimate of drug-likeness (QED) is 0.416. The summed E-state index contributed by atoms with van der Waals surface area (Å²) in [6, 6.07) is 0. The van der Waals surface area contributed by atoms with E-state index < -0.39 is 0 Å². The molecule has 0 unspecified atom stereocenters. The maximum atomic E-state index is 4.50. The molecule has 4 heavy (non-hydrogen) atoms. The Kier molecular flexibility index (Phi) is 91.0. The average molecular weight is 449 g/mol. The van der Waals surface area contributed by atoms with Crippen molar-refractivity contribution in [2.75, 3.05) is 7.05 Å². The van der Waals surface area contributed by atoms with Crippen LogP contribution in [0.25, 0.3) is 0 Å². The van der Waals surface area contributed by atoms with Crippen molar-refractivity contribution >= 4 is 54.6 Å². The molecule has 26 valence electrons. The summed E-state index contributed by atoms with van der Waals surface area (Å²) in [5, 5.41) is 0. The molecule has 0 saturated heterocycles. The summed E-state index contributed by atoms with van der Waals surface area (Å²) in [6.07, 6.45) is 0.